The molecule has 0 saturated heterocycles. The number of nitrogens with one attached hydrogen (secondary N) is 1. The summed E-state index contributed by atoms with van der Waals surface area (Å²) >= 11 is 0. The second kappa shape index (κ2) is 3.72. The molecule has 0 aromatic rings. The van der Waals surface area contributed by atoms with Gasteiger partial charge in [-0.05, 0) is 19.8 Å². The molecule has 1 rings (SSSR count). The lowest BCUT2D eigenvalue weighted by Crippen LogP contribution is -2.41. The van der Waals surface area contributed by atoms with E-state index in [4.69, 9.17) is 5.11 Å². The second-order valence-electron chi connectivity index (χ2n) is 3.22. The summed E-state index contributed by atoms with van der Waals surface area (Å²) in [6, 6.07) is -0.0944. The van der Waals surface area contributed by atoms with E-state index in [1.165, 1.54) is 6.42 Å². The molecule has 0 radical (unpaired) electrons. The fourth-order valence-corrected chi connectivity index (χ4v) is 1.08. The van der Waals surface area contributed by atoms with Crippen LogP contribution in [0.5, 0.6) is 0 Å². The van der Waals surface area contributed by atoms with Crippen LogP contribution < -0.4 is 5.32 Å². The van der Waals surface area contributed by atoms with Crippen molar-refractivity contribution in [2.75, 3.05) is 6.61 Å². The molecule has 3 nitrogen and oxygen atoms in total. The minimum absolute atomic E-state index is 0.0262. The number of amides is 1. The van der Waals surface area contributed by atoms with Gasteiger partial charge in [0.05, 0.1) is 6.61 Å². The maximum atomic E-state index is 11.2. The van der Waals surface area contributed by atoms with Gasteiger partial charge >= 0.3 is 0 Å². The van der Waals surface area contributed by atoms with Gasteiger partial charge in [0.1, 0.15) is 0 Å². The summed E-state index contributed by atoms with van der Waals surface area (Å²) in [6.45, 7) is 1.83. The van der Waals surface area contributed by atoms with Crippen LogP contribution in [0.3, 0.4) is 0 Å². The second-order valence-corrected chi connectivity index (χ2v) is 3.22. The van der Waals surface area contributed by atoms with Gasteiger partial charge < -0.3 is 10.4 Å². The molecule has 1 amide bonds. The van der Waals surface area contributed by atoms with Crippen LogP contribution in [0.25, 0.3) is 0 Å². The summed E-state index contributed by atoms with van der Waals surface area (Å²) in [5, 5.41) is 11.4. The van der Waals surface area contributed by atoms with E-state index in [0.717, 1.165) is 12.8 Å². The van der Waals surface area contributed by atoms with Gasteiger partial charge in [0, 0.05) is 12.0 Å². The Hall–Kier alpha value is -0.570. The zero-order valence-corrected chi connectivity index (χ0v) is 6.84. The average Bonchev–Trinajstić information content (AvgIpc) is 1.83. The Balaban J connectivity index is 2.19. The van der Waals surface area contributed by atoms with Crippen molar-refractivity contribution in [3.63, 3.8) is 0 Å². The molecular weight excluding hydrogens is 142 g/mol. The molecule has 0 heterocycles. The zero-order valence-electron chi connectivity index (χ0n) is 6.84. The zero-order chi connectivity index (χ0) is 8.27. The lowest BCUT2D eigenvalue weighted by atomic mass is 9.85. The van der Waals surface area contributed by atoms with Crippen molar-refractivity contribution in [3.8, 4) is 0 Å². The summed E-state index contributed by atoms with van der Waals surface area (Å²) in [6.07, 6.45) is 3.21. The third-order valence-electron chi connectivity index (χ3n) is 2.14. The summed E-state index contributed by atoms with van der Waals surface area (Å²) in [4.78, 5) is 11.2. The largest absolute Gasteiger partial charge is 0.394 e. The van der Waals surface area contributed by atoms with Crippen LogP contribution in [0.1, 0.15) is 26.2 Å². The standard InChI is InChI=1S/C8H15NO2/c1-6(5-10)9-8(11)7-3-2-4-7/h6-7,10H,2-5H2,1H3,(H,9,11). The number of carbonyl (C=O) groups excluding carboxylic acids is 1. The lowest BCUT2D eigenvalue weighted by Gasteiger charge is -2.25. The first-order chi connectivity index (χ1) is 5.24. The first kappa shape index (κ1) is 8.53. The molecule has 0 spiro atoms. The molecule has 0 aromatic carbocycles. The van der Waals surface area contributed by atoms with Gasteiger partial charge in [-0.15, -0.1) is 0 Å². The predicted octanol–water partition coefficient (Wildman–Crippen LogP) is 0.283. The Bertz CT molecular complexity index is 143. The number of carbonyl (C=O) groups is 1. The molecule has 1 aliphatic carbocycles. The average molecular weight is 157 g/mol. The van der Waals surface area contributed by atoms with Crippen LogP contribution in [0.2, 0.25) is 0 Å². The lowest BCUT2D eigenvalue weighted by molar-refractivity contribution is -0.128. The highest BCUT2D eigenvalue weighted by Gasteiger charge is 2.25. The molecule has 1 aliphatic rings. The topological polar surface area (TPSA) is 49.3 Å². The molecule has 2 N–H and O–H groups in total. The molecule has 1 unspecified atom stereocenters. The van der Waals surface area contributed by atoms with Crippen LogP contribution in [-0.2, 0) is 4.79 Å². The third-order valence-corrected chi connectivity index (χ3v) is 2.14. The molecule has 11 heavy (non-hydrogen) atoms. The summed E-state index contributed by atoms with van der Waals surface area (Å²) < 4.78 is 0. The molecule has 1 saturated carbocycles. The van der Waals surface area contributed by atoms with Gasteiger partial charge in [0.2, 0.25) is 5.91 Å². The Kier molecular flexibility index (Phi) is 2.88. The molecule has 64 valence electrons. The predicted molar refractivity (Wildman–Crippen MR) is 42.0 cm³/mol. The molecule has 3 heteroatoms. The highest BCUT2D eigenvalue weighted by molar-refractivity contribution is 5.79. The van der Waals surface area contributed by atoms with Crippen LogP contribution in [0.4, 0.5) is 0 Å². The van der Waals surface area contributed by atoms with E-state index in [2.05, 4.69) is 5.32 Å². The van der Waals surface area contributed by atoms with E-state index in [1.807, 2.05) is 0 Å². The van der Waals surface area contributed by atoms with E-state index >= 15 is 0 Å². The maximum Gasteiger partial charge on any atom is 0.223 e. The van der Waals surface area contributed by atoms with E-state index < -0.39 is 0 Å². The van der Waals surface area contributed by atoms with Crippen LogP contribution in [-0.4, -0.2) is 23.7 Å². The maximum absolute atomic E-state index is 11.2. The highest BCUT2D eigenvalue weighted by atomic mass is 16.3. The van der Waals surface area contributed by atoms with Crippen LogP contribution in [0, 0.1) is 5.92 Å². The number of aliphatic hydroxyl groups is 1. The highest BCUT2D eigenvalue weighted by Crippen LogP contribution is 2.26. The molecule has 0 bridgehead atoms. The van der Waals surface area contributed by atoms with Crippen molar-refractivity contribution in [2.45, 2.75) is 32.2 Å². The molecule has 1 atom stereocenters. The molecule has 1 fully saturated rings. The van der Waals surface area contributed by atoms with E-state index in [0.29, 0.717) is 0 Å². The smallest absolute Gasteiger partial charge is 0.223 e. The van der Waals surface area contributed by atoms with Gasteiger partial charge in [0.25, 0.3) is 0 Å². The summed E-state index contributed by atoms with van der Waals surface area (Å²) in [5.41, 5.74) is 0. The van der Waals surface area contributed by atoms with Gasteiger partial charge in [-0.1, -0.05) is 6.42 Å². The fourth-order valence-electron chi connectivity index (χ4n) is 1.08. The first-order valence-corrected chi connectivity index (χ1v) is 4.15. The summed E-state index contributed by atoms with van der Waals surface area (Å²) in [7, 11) is 0. The van der Waals surface area contributed by atoms with Gasteiger partial charge in [-0.25, -0.2) is 0 Å². The van der Waals surface area contributed by atoms with E-state index in [-0.39, 0.29) is 24.5 Å². The number of aliphatic hydroxyl groups excluding tert-OH is 1. The van der Waals surface area contributed by atoms with Crippen molar-refractivity contribution < 1.29 is 9.90 Å². The van der Waals surface area contributed by atoms with Crippen molar-refractivity contribution in [2.24, 2.45) is 5.92 Å². The number of rotatable bonds is 3. The normalized spacial score (nSPS) is 20.5. The van der Waals surface area contributed by atoms with Crippen molar-refractivity contribution >= 4 is 5.91 Å². The van der Waals surface area contributed by atoms with Gasteiger partial charge in [0.15, 0.2) is 0 Å². The van der Waals surface area contributed by atoms with Gasteiger partial charge in [-0.2, -0.15) is 0 Å². The third kappa shape index (κ3) is 2.19. The van der Waals surface area contributed by atoms with E-state index in [9.17, 15) is 4.79 Å². The van der Waals surface area contributed by atoms with Crippen LogP contribution in [0.15, 0.2) is 0 Å². The molecule has 0 aliphatic heterocycles. The molecule has 0 aromatic heterocycles. The monoisotopic (exact) mass is 157 g/mol. The van der Waals surface area contributed by atoms with Crippen molar-refractivity contribution in [1.29, 1.82) is 0 Å². The molecular formula is C8H15NO2. The minimum atomic E-state index is -0.0944. The number of hydrogen-bond acceptors (Lipinski definition) is 2. The van der Waals surface area contributed by atoms with Crippen LogP contribution >= 0.6 is 0 Å². The first-order valence-electron chi connectivity index (χ1n) is 4.15. The Morgan fingerprint density at radius 1 is 1.73 bits per heavy atom. The van der Waals surface area contributed by atoms with Crippen molar-refractivity contribution in [3.05, 3.63) is 0 Å². The Morgan fingerprint density at radius 3 is 2.73 bits per heavy atom. The Morgan fingerprint density at radius 2 is 2.36 bits per heavy atom. The van der Waals surface area contributed by atoms with Crippen molar-refractivity contribution in [1.82, 2.24) is 5.32 Å². The summed E-state index contributed by atoms with van der Waals surface area (Å²) in [5.74, 6) is 0.335. The SMILES string of the molecule is CC(CO)NC(=O)C1CCC1. The minimum Gasteiger partial charge on any atom is -0.394 e. The number of hydrogen-bond donors (Lipinski definition) is 2. The Labute approximate surface area is 66.8 Å². The van der Waals surface area contributed by atoms with Gasteiger partial charge in [-0.3, -0.25) is 4.79 Å². The van der Waals surface area contributed by atoms with E-state index in [1.54, 1.807) is 6.92 Å². The fraction of sp³-hybridized carbons (Fsp3) is 0.875. The quantitative estimate of drug-likeness (QED) is 0.618.